The molecule has 0 aliphatic carbocycles. The molecule has 8 nitrogen and oxygen atoms in total. The fourth-order valence-corrected chi connectivity index (χ4v) is 3.62. The fraction of sp³-hybridized carbons (Fsp3) is 0.200. The number of aryl methyl sites for hydroxylation is 2. The van der Waals surface area contributed by atoms with E-state index in [2.05, 4.69) is 20.8 Å². The van der Waals surface area contributed by atoms with E-state index >= 15 is 0 Å². The van der Waals surface area contributed by atoms with Crippen molar-refractivity contribution in [3.63, 3.8) is 0 Å². The molecule has 0 bridgehead atoms. The highest BCUT2D eigenvalue weighted by Gasteiger charge is 2.32. The summed E-state index contributed by atoms with van der Waals surface area (Å²) in [6, 6.07) is 9.80. The molecule has 1 unspecified atom stereocenters. The van der Waals surface area contributed by atoms with Crippen LogP contribution in [0.15, 0.2) is 46.6 Å². The van der Waals surface area contributed by atoms with Gasteiger partial charge in [-0.1, -0.05) is 29.5 Å². The molecule has 1 heterocycles. The molecule has 4 N–H and O–H groups in total. The minimum Gasteiger partial charge on any atom is -0.508 e. The number of thioether (sulfide) groups is 1. The topological polar surface area (TPSA) is 123 Å². The Balaban J connectivity index is 1.58. The van der Waals surface area contributed by atoms with Crippen LogP contribution in [0.4, 0.5) is 5.69 Å². The third-order valence-corrected chi connectivity index (χ3v) is 5.23. The number of carbonyl (C=O) groups is 2. The average molecular weight is 412 g/mol. The Bertz CT molecular complexity index is 1020. The van der Waals surface area contributed by atoms with Gasteiger partial charge in [0.15, 0.2) is 5.17 Å². The van der Waals surface area contributed by atoms with Crippen LogP contribution in [0.1, 0.15) is 23.1 Å². The first kappa shape index (κ1) is 20.4. The maximum atomic E-state index is 12.3. The van der Waals surface area contributed by atoms with E-state index in [4.69, 9.17) is 0 Å². The first-order valence-corrected chi connectivity index (χ1v) is 9.67. The van der Waals surface area contributed by atoms with Crippen LogP contribution >= 0.6 is 11.8 Å². The van der Waals surface area contributed by atoms with E-state index in [0.717, 1.165) is 28.6 Å². The Morgan fingerprint density at radius 3 is 2.76 bits per heavy atom. The minimum atomic E-state index is -0.600. The van der Waals surface area contributed by atoms with Gasteiger partial charge >= 0.3 is 0 Å². The highest BCUT2D eigenvalue weighted by molar-refractivity contribution is 8.15. The predicted octanol–water partition coefficient (Wildman–Crippen LogP) is 2.66. The largest absolute Gasteiger partial charge is 0.508 e. The summed E-state index contributed by atoms with van der Waals surface area (Å²) in [6.07, 6.45) is 1.31. The highest BCUT2D eigenvalue weighted by atomic mass is 32.2. The zero-order chi connectivity index (χ0) is 21.0. The van der Waals surface area contributed by atoms with Gasteiger partial charge in [-0.15, -0.1) is 5.10 Å². The van der Waals surface area contributed by atoms with Crippen molar-refractivity contribution in [3.05, 3.63) is 53.1 Å². The van der Waals surface area contributed by atoms with E-state index < -0.39 is 5.25 Å². The molecule has 0 saturated carbocycles. The molecular formula is C20H20N4O4S. The normalized spacial score (nSPS) is 17.7. The molecule has 1 aliphatic rings. The number of nitrogens with one attached hydrogen (secondary N) is 2. The van der Waals surface area contributed by atoms with Crippen LogP contribution in [0.25, 0.3) is 0 Å². The Hall–Kier alpha value is -3.33. The molecule has 1 saturated heterocycles. The van der Waals surface area contributed by atoms with Gasteiger partial charge in [-0.3, -0.25) is 9.59 Å². The number of rotatable bonds is 5. The summed E-state index contributed by atoms with van der Waals surface area (Å²) in [6.45, 7) is 3.89. The van der Waals surface area contributed by atoms with Crippen molar-refractivity contribution in [1.29, 1.82) is 0 Å². The Morgan fingerprint density at radius 2 is 2.03 bits per heavy atom. The van der Waals surface area contributed by atoms with Crippen molar-refractivity contribution in [1.82, 2.24) is 5.32 Å². The third kappa shape index (κ3) is 5.35. The van der Waals surface area contributed by atoms with Crippen LogP contribution in [0.3, 0.4) is 0 Å². The molecule has 1 atom stereocenters. The van der Waals surface area contributed by atoms with Crippen molar-refractivity contribution < 1.29 is 19.8 Å². The van der Waals surface area contributed by atoms with Crippen LogP contribution in [-0.2, 0) is 9.59 Å². The van der Waals surface area contributed by atoms with E-state index in [9.17, 15) is 19.8 Å². The predicted molar refractivity (Wildman–Crippen MR) is 113 cm³/mol. The number of hydrogen-bond donors (Lipinski definition) is 4. The van der Waals surface area contributed by atoms with Crippen LogP contribution in [0.2, 0.25) is 0 Å². The monoisotopic (exact) mass is 412 g/mol. The molecule has 0 aromatic heterocycles. The zero-order valence-corrected chi connectivity index (χ0v) is 16.7. The number of phenolic OH excluding ortho intramolecular Hbond substituents is 2. The summed E-state index contributed by atoms with van der Waals surface area (Å²) >= 11 is 1.12. The first-order valence-electron chi connectivity index (χ1n) is 8.79. The second-order valence-corrected chi connectivity index (χ2v) is 7.75. The lowest BCUT2D eigenvalue weighted by Gasteiger charge is -2.10. The van der Waals surface area contributed by atoms with E-state index in [-0.39, 0.29) is 34.9 Å². The van der Waals surface area contributed by atoms with Crippen molar-refractivity contribution in [2.24, 2.45) is 10.2 Å². The molecule has 9 heteroatoms. The minimum absolute atomic E-state index is 0.00526. The summed E-state index contributed by atoms with van der Waals surface area (Å²) in [5.74, 6) is -0.778. The van der Waals surface area contributed by atoms with Crippen molar-refractivity contribution in [2.45, 2.75) is 25.5 Å². The second kappa shape index (κ2) is 8.78. The third-order valence-electron chi connectivity index (χ3n) is 4.16. The molecule has 1 aliphatic heterocycles. The number of benzene rings is 2. The molecule has 1 fully saturated rings. The number of amidine groups is 1. The van der Waals surface area contributed by atoms with Gasteiger partial charge in [-0.25, -0.2) is 0 Å². The van der Waals surface area contributed by atoms with Gasteiger partial charge in [-0.05, 0) is 37.6 Å². The maximum Gasteiger partial charge on any atom is 0.240 e. The van der Waals surface area contributed by atoms with E-state index in [1.807, 2.05) is 32.0 Å². The van der Waals surface area contributed by atoms with Gasteiger partial charge < -0.3 is 20.8 Å². The van der Waals surface area contributed by atoms with Crippen LogP contribution in [0.5, 0.6) is 11.5 Å². The van der Waals surface area contributed by atoms with Gasteiger partial charge in [0, 0.05) is 23.7 Å². The Morgan fingerprint density at radius 1 is 1.24 bits per heavy atom. The lowest BCUT2D eigenvalue weighted by Crippen LogP contribution is -2.28. The summed E-state index contributed by atoms with van der Waals surface area (Å²) in [5.41, 5.74) is 3.14. The van der Waals surface area contributed by atoms with Crippen LogP contribution in [0, 0.1) is 13.8 Å². The molecule has 2 aromatic rings. The summed E-state index contributed by atoms with van der Waals surface area (Å²) in [4.78, 5) is 24.4. The molecular weight excluding hydrogens is 392 g/mol. The quantitative estimate of drug-likeness (QED) is 0.444. The van der Waals surface area contributed by atoms with Crippen molar-refractivity contribution in [3.8, 4) is 11.5 Å². The number of aromatic hydroxyl groups is 2. The summed E-state index contributed by atoms with van der Waals surface area (Å²) in [5, 5.41) is 31.8. The van der Waals surface area contributed by atoms with E-state index in [0.29, 0.717) is 5.56 Å². The van der Waals surface area contributed by atoms with Gasteiger partial charge in [0.2, 0.25) is 11.8 Å². The molecule has 0 spiro atoms. The Kier molecular flexibility index (Phi) is 6.18. The van der Waals surface area contributed by atoms with Crippen molar-refractivity contribution >= 4 is 40.6 Å². The number of nitrogens with zero attached hydrogens (tertiary/aromatic N) is 2. The standard InChI is InChI=1S/C20H20N4O4S/c1-11-3-6-15(12(2)7-11)22-18(27)9-17-19(28)23-20(29-17)24-21-10-13-4-5-14(25)8-16(13)26/h3-8,10,17,25-26H,9H2,1-2H3,(H,22,27)(H,23,24,28). The number of amides is 2. The van der Waals surface area contributed by atoms with E-state index in [1.54, 1.807) is 0 Å². The SMILES string of the molecule is Cc1ccc(NC(=O)CC2SC(=NN=Cc3ccc(O)cc3O)NC2=O)c(C)c1. The number of phenols is 2. The summed E-state index contributed by atoms with van der Waals surface area (Å²) in [7, 11) is 0. The molecule has 3 rings (SSSR count). The second-order valence-electron chi connectivity index (χ2n) is 6.56. The molecule has 150 valence electrons. The lowest BCUT2D eigenvalue weighted by molar-refractivity contribution is -0.122. The molecule has 2 aromatic carbocycles. The number of carbonyl (C=O) groups excluding carboxylic acids is 2. The molecule has 2 amide bonds. The number of anilines is 1. The molecule has 0 radical (unpaired) electrons. The zero-order valence-electron chi connectivity index (χ0n) is 15.8. The Labute approximate surface area is 171 Å². The van der Waals surface area contributed by atoms with Crippen LogP contribution < -0.4 is 10.6 Å². The van der Waals surface area contributed by atoms with Gasteiger partial charge in [0.25, 0.3) is 0 Å². The van der Waals surface area contributed by atoms with Crippen LogP contribution in [-0.4, -0.2) is 38.7 Å². The number of hydrogen-bond acceptors (Lipinski definition) is 7. The fourth-order valence-electron chi connectivity index (χ4n) is 2.69. The van der Waals surface area contributed by atoms with Gasteiger partial charge in [-0.2, -0.15) is 5.10 Å². The lowest BCUT2D eigenvalue weighted by atomic mass is 10.1. The van der Waals surface area contributed by atoms with E-state index in [1.165, 1.54) is 24.4 Å². The summed E-state index contributed by atoms with van der Waals surface area (Å²) < 4.78 is 0. The van der Waals surface area contributed by atoms with Gasteiger partial charge in [0.05, 0.1) is 6.21 Å². The van der Waals surface area contributed by atoms with Gasteiger partial charge in [0.1, 0.15) is 16.7 Å². The average Bonchev–Trinajstić information content (AvgIpc) is 2.98. The highest BCUT2D eigenvalue weighted by Crippen LogP contribution is 2.24. The van der Waals surface area contributed by atoms with Crippen molar-refractivity contribution in [2.75, 3.05) is 5.32 Å². The maximum absolute atomic E-state index is 12.3. The first-order chi connectivity index (χ1) is 13.8. The smallest absolute Gasteiger partial charge is 0.240 e. The molecule has 29 heavy (non-hydrogen) atoms.